The number of rotatable bonds is 2. The lowest BCUT2D eigenvalue weighted by Gasteiger charge is -2.40. The number of hydrogen-bond acceptors (Lipinski definition) is 3. The summed E-state index contributed by atoms with van der Waals surface area (Å²) in [4.78, 5) is 11.1. The van der Waals surface area contributed by atoms with Gasteiger partial charge in [-0.1, -0.05) is 13.8 Å². The second-order valence-corrected chi connectivity index (χ2v) is 5.32. The van der Waals surface area contributed by atoms with Gasteiger partial charge in [0.25, 0.3) is 0 Å². The topological polar surface area (TPSA) is 46.5 Å². The molecular weight excluding hydrogens is 188 g/mol. The third kappa shape index (κ3) is 2.17. The van der Waals surface area contributed by atoms with E-state index < -0.39 is 11.6 Å². The van der Waals surface area contributed by atoms with E-state index >= 15 is 0 Å². The highest BCUT2D eigenvalue weighted by Crippen LogP contribution is 2.40. The average Bonchev–Trinajstić information content (AvgIpc) is 2.02. The van der Waals surface area contributed by atoms with Crippen LogP contribution in [0.1, 0.15) is 20.3 Å². The molecule has 1 N–H and O–H groups in total. The first kappa shape index (κ1) is 10.9. The Morgan fingerprint density at radius 1 is 1.46 bits per heavy atom. The molecule has 0 aromatic heterocycles. The molecule has 4 heteroatoms. The van der Waals surface area contributed by atoms with E-state index in [-0.39, 0.29) is 5.41 Å². The Hall–Kier alpha value is -0.220. The Morgan fingerprint density at radius 3 is 2.38 bits per heavy atom. The maximum Gasteiger partial charge on any atom is 0.336 e. The number of methoxy groups -OCH3 is 1. The molecule has 76 valence electrons. The normalized spacial score (nSPS) is 32.8. The van der Waals surface area contributed by atoms with E-state index in [1.54, 1.807) is 11.8 Å². The standard InChI is InChI=1S/C9H16O3S/c1-8(2)4-9(12-3,7(10)11)6-13-5-8/h4-6H2,1-3H3,(H,10,11). The van der Waals surface area contributed by atoms with E-state index in [0.29, 0.717) is 12.2 Å². The van der Waals surface area contributed by atoms with E-state index in [9.17, 15) is 4.79 Å². The first-order valence-corrected chi connectivity index (χ1v) is 5.44. The molecular formula is C9H16O3S. The summed E-state index contributed by atoms with van der Waals surface area (Å²) in [6.45, 7) is 4.16. The average molecular weight is 204 g/mol. The molecule has 1 aliphatic rings. The lowest BCUT2D eigenvalue weighted by molar-refractivity contribution is -0.163. The maximum atomic E-state index is 11.1. The zero-order chi connectivity index (χ0) is 10.1. The van der Waals surface area contributed by atoms with Crippen molar-refractivity contribution in [2.75, 3.05) is 18.6 Å². The summed E-state index contributed by atoms with van der Waals surface area (Å²) in [6.07, 6.45) is 0.596. The van der Waals surface area contributed by atoms with Crippen molar-refractivity contribution in [2.24, 2.45) is 5.41 Å². The van der Waals surface area contributed by atoms with E-state index in [0.717, 1.165) is 5.75 Å². The van der Waals surface area contributed by atoms with Gasteiger partial charge in [0.05, 0.1) is 0 Å². The monoisotopic (exact) mass is 204 g/mol. The van der Waals surface area contributed by atoms with Crippen molar-refractivity contribution in [3.05, 3.63) is 0 Å². The highest BCUT2D eigenvalue weighted by atomic mass is 32.2. The molecule has 1 unspecified atom stereocenters. The summed E-state index contributed by atoms with van der Waals surface area (Å²) < 4.78 is 5.16. The first-order chi connectivity index (χ1) is 5.92. The van der Waals surface area contributed by atoms with Gasteiger partial charge in [-0.2, -0.15) is 11.8 Å². The summed E-state index contributed by atoms with van der Waals surface area (Å²) in [5.74, 6) is 0.725. The Bertz CT molecular complexity index is 215. The van der Waals surface area contributed by atoms with Crippen LogP contribution in [-0.2, 0) is 9.53 Å². The number of carbonyl (C=O) groups is 1. The summed E-state index contributed by atoms with van der Waals surface area (Å²) in [5.41, 5.74) is -0.913. The van der Waals surface area contributed by atoms with Crippen molar-refractivity contribution in [1.29, 1.82) is 0 Å². The van der Waals surface area contributed by atoms with Gasteiger partial charge in [0.15, 0.2) is 5.60 Å². The minimum Gasteiger partial charge on any atom is -0.479 e. The van der Waals surface area contributed by atoms with Gasteiger partial charge in [-0.15, -0.1) is 0 Å². The summed E-state index contributed by atoms with van der Waals surface area (Å²) in [7, 11) is 1.48. The molecule has 1 atom stereocenters. The molecule has 0 aromatic carbocycles. The molecule has 1 heterocycles. The van der Waals surface area contributed by atoms with E-state index in [4.69, 9.17) is 9.84 Å². The van der Waals surface area contributed by atoms with Crippen molar-refractivity contribution in [3.8, 4) is 0 Å². The molecule has 0 spiro atoms. The van der Waals surface area contributed by atoms with Gasteiger partial charge in [-0.25, -0.2) is 4.79 Å². The third-order valence-corrected chi connectivity index (χ3v) is 4.03. The third-order valence-electron chi connectivity index (χ3n) is 2.37. The number of carboxylic acids is 1. The van der Waals surface area contributed by atoms with Crippen LogP contribution < -0.4 is 0 Å². The van der Waals surface area contributed by atoms with Gasteiger partial charge in [-0.3, -0.25) is 0 Å². The van der Waals surface area contributed by atoms with Crippen LogP contribution in [0.4, 0.5) is 0 Å². The van der Waals surface area contributed by atoms with Crippen LogP contribution in [0.3, 0.4) is 0 Å². The molecule has 0 bridgehead atoms. The molecule has 0 aromatic rings. The number of hydrogen-bond donors (Lipinski definition) is 1. The summed E-state index contributed by atoms with van der Waals surface area (Å²) >= 11 is 1.66. The molecule has 1 saturated heterocycles. The van der Waals surface area contributed by atoms with Gasteiger partial charge in [0.1, 0.15) is 0 Å². The largest absolute Gasteiger partial charge is 0.479 e. The van der Waals surface area contributed by atoms with Crippen molar-refractivity contribution in [1.82, 2.24) is 0 Å². The fraction of sp³-hybridized carbons (Fsp3) is 0.889. The van der Waals surface area contributed by atoms with Gasteiger partial charge in [-0.05, 0) is 17.6 Å². The molecule has 0 amide bonds. The highest BCUT2D eigenvalue weighted by Gasteiger charge is 2.46. The number of carboxylic acid groups (broad SMARTS) is 1. The van der Waals surface area contributed by atoms with Crippen LogP contribution in [0.2, 0.25) is 0 Å². The van der Waals surface area contributed by atoms with Crippen LogP contribution in [0.25, 0.3) is 0 Å². The zero-order valence-electron chi connectivity index (χ0n) is 8.29. The van der Waals surface area contributed by atoms with E-state index in [1.165, 1.54) is 7.11 Å². The molecule has 0 radical (unpaired) electrons. The molecule has 1 fully saturated rings. The van der Waals surface area contributed by atoms with Crippen LogP contribution in [0, 0.1) is 5.41 Å². The minimum absolute atomic E-state index is 0.0529. The Balaban J connectivity index is 2.82. The van der Waals surface area contributed by atoms with E-state index in [1.807, 2.05) is 0 Å². The summed E-state index contributed by atoms with van der Waals surface area (Å²) in [6, 6.07) is 0. The highest BCUT2D eigenvalue weighted by molar-refractivity contribution is 7.99. The molecule has 13 heavy (non-hydrogen) atoms. The van der Waals surface area contributed by atoms with Crippen LogP contribution in [0.5, 0.6) is 0 Å². The molecule has 3 nitrogen and oxygen atoms in total. The first-order valence-electron chi connectivity index (χ1n) is 4.28. The van der Waals surface area contributed by atoms with Gasteiger partial charge in [0.2, 0.25) is 0 Å². The smallest absolute Gasteiger partial charge is 0.336 e. The Labute approximate surface area is 82.8 Å². The van der Waals surface area contributed by atoms with E-state index in [2.05, 4.69) is 13.8 Å². The Kier molecular flexibility index (Phi) is 2.92. The molecule has 0 saturated carbocycles. The van der Waals surface area contributed by atoms with Gasteiger partial charge in [0, 0.05) is 12.9 Å². The number of thioether (sulfide) groups is 1. The number of ether oxygens (including phenoxy) is 1. The quantitative estimate of drug-likeness (QED) is 0.742. The SMILES string of the molecule is COC1(C(=O)O)CSCC(C)(C)C1. The van der Waals surface area contributed by atoms with Crippen LogP contribution >= 0.6 is 11.8 Å². The predicted octanol–water partition coefficient (Wildman–Crippen LogP) is 1.62. The second kappa shape index (κ2) is 3.50. The fourth-order valence-electron chi connectivity index (χ4n) is 1.72. The minimum atomic E-state index is -0.966. The van der Waals surface area contributed by atoms with Crippen LogP contribution in [0.15, 0.2) is 0 Å². The lowest BCUT2D eigenvalue weighted by Crippen LogP contribution is -2.50. The Morgan fingerprint density at radius 2 is 2.08 bits per heavy atom. The van der Waals surface area contributed by atoms with Gasteiger partial charge < -0.3 is 9.84 Å². The van der Waals surface area contributed by atoms with Gasteiger partial charge >= 0.3 is 5.97 Å². The molecule has 1 aliphatic heterocycles. The maximum absolute atomic E-state index is 11.1. The van der Waals surface area contributed by atoms with Crippen molar-refractivity contribution in [2.45, 2.75) is 25.9 Å². The van der Waals surface area contributed by atoms with Crippen LogP contribution in [-0.4, -0.2) is 35.3 Å². The summed E-state index contributed by atoms with van der Waals surface area (Å²) in [5, 5.41) is 9.08. The van der Waals surface area contributed by atoms with Crippen molar-refractivity contribution < 1.29 is 14.6 Å². The van der Waals surface area contributed by atoms with Crippen molar-refractivity contribution in [3.63, 3.8) is 0 Å². The van der Waals surface area contributed by atoms with Crippen molar-refractivity contribution >= 4 is 17.7 Å². The molecule has 0 aliphatic carbocycles. The fourth-order valence-corrected chi connectivity index (χ4v) is 3.15. The molecule has 1 rings (SSSR count). The number of aliphatic carboxylic acids is 1. The lowest BCUT2D eigenvalue weighted by atomic mass is 9.82. The predicted molar refractivity (Wildman–Crippen MR) is 53.1 cm³/mol. The second-order valence-electron chi connectivity index (χ2n) is 4.34. The zero-order valence-corrected chi connectivity index (χ0v) is 9.11.